The summed E-state index contributed by atoms with van der Waals surface area (Å²) in [7, 11) is 0. The normalized spacial score (nSPS) is 10.4. The molecule has 2 aromatic carbocycles. The highest BCUT2D eigenvalue weighted by molar-refractivity contribution is 9.10. The molecule has 0 bridgehead atoms. The molecule has 2 N–H and O–H groups in total. The second-order valence-corrected chi connectivity index (χ2v) is 6.57. The van der Waals surface area contributed by atoms with Gasteiger partial charge in [0.1, 0.15) is 5.75 Å². The maximum atomic E-state index is 12.1. The molecule has 2 amide bonds. The summed E-state index contributed by atoms with van der Waals surface area (Å²) in [5, 5.41) is 5.39. The number of amides is 2. The van der Waals surface area contributed by atoms with E-state index >= 15 is 0 Å². The Labute approximate surface area is 177 Å². The van der Waals surface area contributed by atoms with Crippen molar-refractivity contribution < 1.29 is 23.9 Å². The highest BCUT2D eigenvalue weighted by atomic mass is 79.9. The van der Waals surface area contributed by atoms with E-state index < -0.39 is 6.16 Å². The fourth-order valence-electron chi connectivity index (χ4n) is 2.22. The third-order valence-corrected chi connectivity index (χ3v) is 4.33. The Morgan fingerprint density at radius 2 is 1.69 bits per heavy atom. The molecule has 0 aliphatic carbocycles. The number of benzene rings is 2. The van der Waals surface area contributed by atoms with E-state index in [1.807, 2.05) is 24.3 Å². The molecule has 0 aliphatic rings. The van der Waals surface area contributed by atoms with Crippen LogP contribution in [0, 0.1) is 0 Å². The maximum absolute atomic E-state index is 12.1. The Kier molecular flexibility index (Phi) is 8.91. The molecule has 0 spiro atoms. The van der Waals surface area contributed by atoms with Crippen molar-refractivity contribution in [3.8, 4) is 5.75 Å². The van der Waals surface area contributed by atoms with Gasteiger partial charge in [-0.25, -0.2) is 4.79 Å². The Morgan fingerprint density at radius 3 is 2.38 bits per heavy atom. The minimum atomic E-state index is -0.797. The van der Waals surface area contributed by atoms with Gasteiger partial charge in [-0.1, -0.05) is 34.1 Å². The van der Waals surface area contributed by atoms with Gasteiger partial charge in [0.25, 0.3) is 5.91 Å². The smallest absolute Gasteiger partial charge is 0.434 e. The van der Waals surface area contributed by atoms with Crippen molar-refractivity contribution in [2.75, 3.05) is 19.7 Å². The van der Waals surface area contributed by atoms with Gasteiger partial charge in [-0.15, -0.1) is 0 Å². The van der Waals surface area contributed by atoms with Crippen LogP contribution in [0.3, 0.4) is 0 Å². The molecule has 152 valence electrons. The lowest BCUT2D eigenvalue weighted by Crippen LogP contribution is -2.33. The van der Waals surface area contributed by atoms with Crippen molar-refractivity contribution in [2.24, 2.45) is 0 Å². The van der Waals surface area contributed by atoms with Crippen LogP contribution in [0.5, 0.6) is 5.75 Å². The zero-order valence-electron chi connectivity index (χ0n) is 15.8. The molecule has 0 atom stereocenters. The van der Waals surface area contributed by atoms with E-state index in [9.17, 15) is 14.4 Å². The Hall–Kier alpha value is -3.13. The summed E-state index contributed by atoms with van der Waals surface area (Å²) >= 11 is 3.41. The Bertz CT molecular complexity index is 881. The minimum absolute atomic E-state index is 0.218. The number of hydrogen-bond donors (Lipinski definition) is 2. The van der Waals surface area contributed by atoms with Crippen LogP contribution in [0.15, 0.2) is 59.1 Å². The molecule has 29 heavy (non-hydrogen) atoms. The standard InChI is InChI=1S/C21H21BrN2O5/c1-2-28-21(27)29-17-10-7-16(8-11-17)20(26)24-14-13-23-19(25)12-9-15-5-3-4-6-18(15)22/h3-12H,2,13-14H2,1H3,(H,23,25)(H,24,26)/b12-9+. The van der Waals surface area contributed by atoms with Crippen molar-refractivity contribution in [1.82, 2.24) is 10.6 Å². The van der Waals surface area contributed by atoms with Crippen LogP contribution in [-0.2, 0) is 9.53 Å². The number of rotatable bonds is 8. The van der Waals surface area contributed by atoms with Crippen LogP contribution < -0.4 is 15.4 Å². The van der Waals surface area contributed by atoms with E-state index in [1.165, 1.54) is 30.3 Å². The first-order valence-corrected chi connectivity index (χ1v) is 9.72. The van der Waals surface area contributed by atoms with Gasteiger partial charge in [-0.05, 0) is 48.9 Å². The second kappa shape index (κ2) is 11.7. The van der Waals surface area contributed by atoms with Crippen molar-refractivity contribution in [3.63, 3.8) is 0 Å². The summed E-state index contributed by atoms with van der Waals surface area (Å²) in [6, 6.07) is 13.6. The predicted octanol–water partition coefficient (Wildman–Crippen LogP) is 3.54. The lowest BCUT2D eigenvalue weighted by Gasteiger charge is -2.07. The SMILES string of the molecule is CCOC(=O)Oc1ccc(C(=O)NCCNC(=O)/C=C/c2ccccc2Br)cc1. The van der Waals surface area contributed by atoms with Crippen LogP contribution in [0.2, 0.25) is 0 Å². The number of nitrogens with one attached hydrogen (secondary N) is 2. The number of halogens is 1. The number of hydrogen-bond acceptors (Lipinski definition) is 5. The molecule has 0 saturated carbocycles. The van der Waals surface area contributed by atoms with E-state index in [4.69, 9.17) is 4.74 Å². The molecule has 0 radical (unpaired) electrons. The molecule has 0 fully saturated rings. The zero-order chi connectivity index (χ0) is 21.1. The lowest BCUT2D eigenvalue weighted by molar-refractivity contribution is -0.116. The highest BCUT2D eigenvalue weighted by Crippen LogP contribution is 2.17. The maximum Gasteiger partial charge on any atom is 0.513 e. The Morgan fingerprint density at radius 1 is 1.00 bits per heavy atom. The third-order valence-electron chi connectivity index (χ3n) is 3.61. The highest BCUT2D eigenvalue weighted by Gasteiger charge is 2.08. The molecular formula is C21H21BrN2O5. The summed E-state index contributed by atoms with van der Waals surface area (Å²) in [6.45, 7) is 2.45. The van der Waals surface area contributed by atoms with E-state index in [2.05, 4.69) is 31.3 Å². The third kappa shape index (κ3) is 7.79. The monoisotopic (exact) mass is 460 g/mol. The van der Waals surface area contributed by atoms with Crippen LogP contribution in [0.4, 0.5) is 4.79 Å². The Balaban J connectivity index is 1.72. The molecule has 2 aromatic rings. The predicted molar refractivity (Wildman–Crippen MR) is 113 cm³/mol. The van der Waals surface area contributed by atoms with Crippen LogP contribution in [0.1, 0.15) is 22.8 Å². The molecule has 0 aromatic heterocycles. The zero-order valence-corrected chi connectivity index (χ0v) is 17.4. The molecule has 7 nitrogen and oxygen atoms in total. The van der Waals surface area contributed by atoms with Crippen LogP contribution >= 0.6 is 15.9 Å². The average Bonchev–Trinajstić information content (AvgIpc) is 2.71. The number of carbonyl (C=O) groups is 3. The van der Waals surface area contributed by atoms with E-state index in [1.54, 1.807) is 13.0 Å². The van der Waals surface area contributed by atoms with Gasteiger partial charge in [-0.2, -0.15) is 0 Å². The van der Waals surface area contributed by atoms with Crippen molar-refractivity contribution >= 4 is 40.0 Å². The first kappa shape index (κ1) is 22.2. The second-order valence-electron chi connectivity index (χ2n) is 5.71. The fourth-order valence-corrected chi connectivity index (χ4v) is 2.63. The topological polar surface area (TPSA) is 93.7 Å². The summed E-state index contributed by atoms with van der Waals surface area (Å²) in [6.07, 6.45) is 2.34. The molecule has 2 rings (SSSR count). The fraction of sp³-hybridized carbons (Fsp3) is 0.190. The minimum Gasteiger partial charge on any atom is -0.434 e. The molecule has 0 unspecified atom stereocenters. The van der Waals surface area contributed by atoms with E-state index in [0.717, 1.165) is 10.0 Å². The quantitative estimate of drug-likeness (QED) is 0.272. The van der Waals surface area contributed by atoms with Gasteiger partial charge < -0.3 is 20.1 Å². The first-order valence-electron chi connectivity index (χ1n) is 8.93. The lowest BCUT2D eigenvalue weighted by atomic mass is 10.2. The van der Waals surface area contributed by atoms with Gasteiger partial charge in [0.2, 0.25) is 5.91 Å². The molecule has 0 heterocycles. The summed E-state index contributed by atoms with van der Waals surface area (Å²) in [5.74, 6) is -0.273. The van der Waals surface area contributed by atoms with E-state index in [0.29, 0.717) is 5.56 Å². The first-order chi connectivity index (χ1) is 14.0. The number of ether oxygens (including phenoxy) is 2. The van der Waals surface area contributed by atoms with Gasteiger partial charge >= 0.3 is 6.16 Å². The van der Waals surface area contributed by atoms with Crippen LogP contribution in [-0.4, -0.2) is 37.7 Å². The molecule has 8 heteroatoms. The largest absolute Gasteiger partial charge is 0.513 e. The summed E-state index contributed by atoms with van der Waals surface area (Å²) in [4.78, 5) is 35.2. The average molecular weight is 461 g/mol. The van der Waals surface area contributed by atoms with Crippen molar-refractivity contribution in [3.05, 3.63) is 70.2 Å². The van der Waals surface area contributed by atoms with E-state index in [-0.39, 0.29) is 37.3 Å². The number of carbonyl (C=O) groups excluding carboxylic acids is 3. The molecular weight excluding hydrogens is 440 g/mol. The summed E-state index contributed by atoms with van der Waals surface area (Å²) in [5.41, 5.74) is 1.30. The van der Waals surface area contributed by atoms with Gasteiger partial charge in [0.05, 0.1) is 6.61 Å². The van der Waals surface area contributed by atoms with Crippen molar-refractivity contribution in [1.29, 1.82) is 0 Å². The van der Waals surface area contributed by atoms with Gasteiger partial charge in [0.15, 0.2) is 0 Å². The molecule has 0 aliphatic heterocycles. The van der Waals surface area contributed by atoms with Gasteiger partial charge in [0, 0.05) is 29.2 Å². The molecule has 0 saturated heterocycles. The van der Waals surface area contributed by atoms with Gasteiger partial charge in [-0.3, -0.25) is 9.59 Å². The summed E-state index contributed by atoms with van der Waals surface area (Å²) < 4.78 is 10.5. The van der Waals surface area contributed by atoms with Crippen LogP contribution in [0.25, 0.3) is 6.08 Å². The van der Waals surface area contributed by atoms with Crippen molar-refractivity contribution in [2.45, 2.75) is 6.92 Å².